The van der Waals surface area contributed by atoms with Crippen LogP contribution in [0.5, 0.6) is 0 Å². The highest BCUT2D eigenvalue weighted by atomic mass is 32.1. The van der Waals surface area contributed by atoms with E-state index < -0.39 is 0 Å². The van der Waals surface area contributed by atoms with Gasteiger partial charge in [0, 0.05) is 50.0 Å². The Morgan fingerprint density at radius 2 is 2.08 bits per heavy atom. The van der Waals surface area contributed by atoms with E-state index in [1.165, 1.54) is 10.4 Å². The zero-order valence-electron chi connectivity index (χ0n) is 14.4. The van der Waals surface area contributed by atoms with Crippen LogP contribution in [0.2, 0.25) is 0 Å². The molecule has 0 aliphatic rings. The lowest BCUT2D eigenvalue weighted by molar-refractivity contribution is 0.791. The number of nitrogens with zero attached hydrogens (tertiary/aromatic N) is 4. The Kier molecular flexibility index (Phi) is 5.79. The second-order valence-electron chi connectivity index (χ2n) is 5.58. The average Bonchev–Trinajstić information content (AvgIpc) is 3.30. The van der Waals surface area contributed by atoms with Crippen molar-refractivity contribution < 1.29 is 0 Å². The molecule has 2 aromatic heterocycles. The smallest absolute Gasteiger partial charge is 0.191 e. The molecule has 0 atom stereocenters. The van der Waals surface area contributed by atoms with Crippen molar-refractivity contribution in [1.29, 1.82) is 0 Å². The molecule has 2 N–H and O–H groups in total. The topological polar surface area (TPSA) is 67.1 Å². The van der Waals surface area contributed by atoms with Crippen molar-refractivity contribution >= 4 is 17.3 Å². The summed E-state index contributed by atoms with van der Waals surface area (Å²) in [7, 11) is 1.78. The zero-order chi connectivity index (χ0) is 17.5. The summed E-state index contributed by atoms with van der Waals surface area (Å²) in [6.07, 6.45) is 6.53. The fourth-order valence-electron chi connectivity index (χ4n) is 2.40. The van der Waals surface area contributed by atoms with Crippen molar-refractivity contribution in [2.45, 2.75) is 19.9 Å². The van der Waals surface area contributed by atoms with E-state index in [0.717, 1.165) is 36.2 Å². The molecule has 0 fully saturated rings. The second-order valence-corrected chi connectivity index (χ2v) is 6.90. The fraction of sp³-hybridized carbons (Fsp3) is 0.278. The maximum Gasteiger partial charge on any atom is 0.191 e. The summed E-state index contributed by atoms with van der Waals surface area (Å²) in [6.45, 7) is 3.60. The minimum absolute atomic E-state index is 0.718. The van der Waals surface area contributed by atoms with Gasteiger partial charge >= 0.3 is 0 Å². The summed E-state index contributed by atoms with van der Waals surface area (Å²) >= 11 is 1.74. The van der Waals surface area contributed by atoms with Crippen LogP contribution in [0.3, 0.4) is 0 Å². The van der Waals surface area contributed by atoms with E-state index >= 15 is 0 Å². The van der Waals surface area contributed by atoms with Crippen LogP contribution >= 0.6 is 11.3 Å². The van der Waals surface area contributed by atoms with E-state index in [4.69, 9.17) is 0 Å². The van der Waals surface area contributed by atoms with Gasteiger partial charge in [0.15, 0.2) is 5.96 Å². The normalized spacial score (nSPS) is 11.5. The molecule has 0 amide bonds. The van der Waals surface area contributed by atoms with Gasteiger partial charge in [-0.2, -0.15) is 5.10 Å². The van der Waals surface area contributed by atoms with Gasteiger partial charge in [-0.25, -0.2) is 9.67 Å². The number of rotatable bonds is 6. The molecule has 0 bridgehead atoms. The highest BCUT2D eigenvalue weighted by Gasteiger charge is 2.02. The lowest BCUT2D eigenvalue weighted by Crippen LogP contribution is -2.37. The summed E-state index contributed by atoms with van der Waals surface area (Å²) in [5, 5.41) is 12.0. The van der Waals surface area contributed by atoms with Gasteiger partial charge in [-0.15, -0.1) is 11.3 Å². The number of benzene rings is 1. The number of nitrogens with one attached hydrogen (secondary N) is 2. The third kappa shape index (κ3) is 4.90. The largest absolute Gasteiger partial charge is 0.356 e. The van der Waals surface area contributed by atoms with Crippen LogP contribution in [0.15, 0.2) is 53.9 Å². The molecule has 0 saturated carbocycles. The first kappa shape index (κ1) is 17.2. The van der Waals surface area contributed by atoms with E-state index in [1.54, 1.807) is 24.6 Å². The molecule has 1 aromatic carbocycles. The van der Waals surface area contributed by atoms with Gasteiger partial charge in [-0.1, -0.05) is 12.1 Å². The maximum absolute atomic E-state index is 4.37. The maximum atomic E-state index is 4.37. The predicted octanol–water partition coefficient (Wildman–Crippen LogP) is 2.54. The molecule has 0 saturated heterocycles. The van der Waals surface area contributed by atoms with Gasteiger partial charge < -0.3 is 10.6 Å². The summed E-state index contributed by atoms with van der Waals surface area (Å²) in [5.74, 6) is 0.796. The highest BCUT2D eigenvalue weighted by molar-refractivity contribution is 7.11. The van der Waals surface area contributed by atoms with Gasteiger partial charge in [0.1, 0.15) is 0 Å². The molecule has 7 heteroatoms. The number of hydrogen-bond donors (Lipinski definition) is 2. The number of guanidine groups is 1. The molecule has 0 aliphatic heterocycles. The standard InChI is InChI=1S/C18H22N6S/c1-14-12-21-17(25-14)8-10-20-18(19-2)22-13-15-4-6-16(7-5-15)24-11-3-9-23-24/h3-7,9,11-12H,8,10,13H2,1-2H3,(H2,19,20,22). The van der Waals surface area contributed by atoms with Crippen molar-refractivity contribution in [3.05, 3.63) is 64.4 Å². The molecular formula is C18H22N6S. The number of thiazole rings is 1. The van der Waals surface area contributed by atoms with Gasteiger partial charge in [-0.3, -0.25) is 4.99 Å². The number of aryl methyl sites for hydroxylation is 1. The van der Waals surface area contributed by atoms with Crippen LogP contribution in [-0.4, -0.2) is 34.3 Å². The van der Waals surface area contributed by atoms with E-state index in [-0.39, 0.29) is 0 Å². The Hall–Kier alpha value is -2.67. The lowest BCUT2D eigenvalue weighted by atomic mass is 10.2. The minimum atomic E-state index is 0.718. The Labute approximate surface area is 151 Å². The van der Waals surface area contributed by atoms with Crippen LogP contribution in [0.25, 0.3) is 5.69 Å². The van der Waals surface area contributed by atoms with Gasteiger partial charge in [0.2, 0.25) is 0 Å². The molecule has 0 radical (unpaired) electrons. The second kappa shape index (κ2) is 8.43. The van der Waals surface area contributed by atoms with Crippen LogP contribution in [0.1, 0.15) is 15.4 Å². The number of aliphatic imine (C=N–C) groups is 1. The van der Waals surface area contributed by atoms with Crippen molar-refractivity contribution in [1.82, 2.24) is 25.4 Å². The Morgan fingerprint density at radius 3 is 2.72 bits per heavy atom. The monoisotopic (exact) mass is 354 g/mol. The molecular weight excluding hydrogens is 332 g/mol. The molecule has 6 nitrogen and oxygen atoms in total. The summed E-state index contributed by atoms with van der Waals surface area (Å²) in [5.41, 5.74) is 2.24. The first-order valence-corrected chi connectivity index (χ1v) is 9.01. The van der Waals surface area contributed by atoms with Crippen LogP contribution < -0.4 is 10.6 Å². The van der Waals surface area contributed by atoms with Crippen molar-refractivity contribution in [3.63, 3.8) is 0 Å². The number of aromatic nitrogens is 3. The third-order valence-electron chi connectivity index (χ3n) is 3.69. The quantitative estimate of drug-likeness (QED) is 0.527. The molecule has 0 aliphatic carbocycles. The van der Waals surface area contributed by atoms with Crippen LogP contribution in [0, 0.1) is 6.92 Å². The van der Waals surface area contributed by atoms with Gasteiger partial charge in [0.25, 0.3) is 0 Å². The van der Waals surface area contributed by atoms with Crippen molar-refractivity contribution in [2.75, 3.05) is 13.6 Å². The SMILES string of the molecule is CN=C(NCCc1ncc(C)s1)NCc1ccc(-n2cccn2)cc1. The molecule has 130 valence electrons. The fourth-order valence-corrected chi connectivity index (χ4v) is 3.19. The molecule has 0 spiro atoms. The summed E-state index contributed by atoms with van der Waals surface area (Å²) in [4.78, 5) is 9.88. The van der Waals surface area contributed by atoms with Crippen molar-refractivity contribution in [3.8, 4) is 5.69 Å². The zero-order valence-corrected chi connectivity index (χ0v) is 15.3. The first-order chi connectivity index (χ1) is 12.2. The van der Waals surface area contributed by atoms with E-state index in [0.29, 0.717) is 0 Å². The molecule has 3 aromatic rings. The molecule has 25 heavy (non-hydrogen) atoms. The van der Waals surface area contributed by atoms with Crippen molar-refractivity contribution in [2.24, 2.45) is 4.99 Å². The highest BCUT2D eigenvalue weighted by Crippen LogP contribution is 2.11. The van der Waals surface area contributed by atoms with Gasteiger partial charge in [-0.05, 0) is 30.7 Å². The summed E-state index contributed by atoms with van der Waals surface area (Å²) in [6, 6.07) is 10.2. The Bertz CT molecular complexity index is 804. The predicted molar refractivity (Wildman–Crippen MR) is 102 cm³/mol. The average molecular weight is 354 g/mol. The third-order valence-corrected chi connectivity index (χ3v) is 4.66. The molecule has 0 unspecified atom stereocenters. The van der Waals surface area contributed by atoms with E-state index in [2.05, 4.69) is 56.9 Å². The van der Waals surface area contributed by atoms with E-state index in [1.807, 2.05) is 23.1 Å². The minimum Gasteiger partial charge on any atom is -0.356 e. The Balaban J connectivity index is 1.46. The lowest BCUT2D eigenvalue weighted by Gasteiger charge is -2.11. The van der Waals surface area contributed by atoms with E-state index in [9.17, 15) is 0 Å². The molecule has 2 heterocycles. The first-order valence-electron chi connectivity index (χ1n) is 8.19. The van der Waals surface area contributed by atoms with Crippen LogP contribution in [-0.2, 0) is 13.0 Å². The molecule has 3 rings (SSSR count). The van der Waals surface area contributed by atoms with Crippen LogP contribution in [0.4, 0.5) is 0 Å². The number of hydrogen-bond acceptors (Lipinski definition) is 4. The van der Waals surface area contributed by atoms with Gasteiger partial charge in [0.05, 0.1) is 10.7 Å². The summed E-state index contributed by atoms with van der Waals surface area (Å²) < 4.78 is 1.85. The Morgan fingerprint density at radius 1 is 1.24 bits per heavy atom.